The van der Waals surface area contributed by atoms with Gasteiger partial charge in [-0.25, -0.2) is 0 Å². The zero-order valence-corrected chi connectivity index (χ0v) is 11.1. The van der Waals surface area contributed by atoms with Crippen LogP contribution in [0, 0.1) is 0 Å². The van der Waals surface area contributed by atoms with Crippen LogP contribution in [0.25, 0.3) is 0 Å². The number of hydrogen-bond acceptors (Lipinski definition) is 3. The Kier molecular flexibility index (Phi) is 4.26. The summed E-state index contributed by atoms with van der Waals surface area (Å²) in [7, 11) is 0. The number of hydrogen-bond donors (Lipinski definition) is 0. The summed E-state index contributed by atoms with van der Waals surface area (Å²) in [6, 6.07) is 5.42. The van der Waals surface area contributed by atoms with Crippen LogP contribution in [0.1, 0.15) is 17.3 Å². The molecular weight excluding hydrogens is 282 g/mol. The molecule has 17 heavy (non-hydrogen) atoms. The molecule has 0 aliphatic rings. The molecule has 0 aliphatic heterocycles. The maximum atomic E-state index is 5.92. The molecule has 0 saturated heterocycles. The first-order chi connectivity index (χ1) is 8.19. The van der Waals surface area contributed by atoms with Crippen LogP contribution in [0.4, 0.5) is 0 Å². The third-order valence-corrected chi connectivity index (χ3v) is 3.09. The summed E-state index contributed by atoms with van der Waals surface area (Å²) in [4.78, 5) is 4.21. The van der Waals surface area contributed by atoms with E-state index in [0.717, 1.165) is 5.56 Å². The van der Waals surface area contributed by atoms with E-state index in [0.29, 0.717) is 40.5 Å². The number of halogens is 3. The molecule has 0 bridgehead atoms. The van der Waals surface area contributed by atoms with Crippen LogP contribution in [0.3, 0.4) is 0 Å². The minimum Gasteiger partial charge on any atom is -0.339 e. The first-order valence-electron chi connectivity index (χ1n) is 5.00. The summed E-state index contributed by atoms with van der Waals surface area (Å²) in [5.74, 6) is 1.63. The Labute approximate surface area is 114 Å². The summed E-state index contributed by atoms with van der Waals surface area (Å²) < 4.78 is 5.03. The van der Waals surface area contributed by atoms with Gasteiger partial charge in [0.25, 0.3) is 0 Å². The van der Waals surface area contributed by atoms with E-state index in [4.69, 9.17) is 39.3 Å². The molecule has 1 aromatic carbocycles. The smallest absolute Gasteiger partial charge is 0.227 e. The van der Waals surface area contributed by atoms with Crippen molar-refractivity contribution in [3.05, 3.63) is 45.5 Å². The Morgan fingerprint density at radius 2 is 2.00 bits per heavy atom. The summed E-state index contributed by atoms with van der Waals surface area (Å²) in [5.41, 5.74) is 0.984. The number of benzene rings is 1. The maximum absolute atomic E-state index is 5.92. The molecule has 0 saturated carbocycles. The Bertz CT molecular complexity index is 513. The Balaban J connectivity index is 2.11. The van der Waals surface area contributed by atoms with Gasteiger partial charge in [0.1, 0.15) is 0 Å². The SMILES string of the molecule is ClCCc1nc(Cc2ccc(Cl)c(Cl)c2)no1. The second-order valence-corrected chi connectivity index (χ2v) is 4.66. The first kappa shape index (κ1) is 12.7. The van der Waals surface area contributed by atoms with E-state index in [1.165, 1.54) is 0 Å². The van der Waals surface area contributed by atoms with Crippen molar-refractivity contribution in [2.75, 3.05) is 5.88 Å². The molecule has 0 N–H and O–H groups in total. The van der Waals surface area contributed by atoms with Crippen molar-refractivity contribution < 1.29 is 4.52 Å². The topological polar surface area (TPSA) is 38.9 Å². The van der Waals surface area contributed by atoms with Crippen molar-refractivity contribution in [2.24, 2.45) is 0 Å². The van der Waals surface area contributed by atoms with E-state index in [9.17, 15) is 0 Å². The molecular formula is C11H9Cl3N2O. The molecule has 90 valence electrons. The third-order valence-electron chi connectivity index (χ3n) is 2.16. The minimum absolute atomic E-state index is 0.467. The normalized spacial score (nSPS) is 10.8. The van der Waals surface area contributed by atoms with Gasteiger partial charge in [0, 0.05) is 18.7 Å². The largest absolute Gasteiger partial charge is 0.339 e. The van der Waals surface area contributed by atoms with E-state index in [1.807, 2.05) is 6.07 Å². The van der Waals surface area contributed by atoms with Crippen molar-refractivity contribution in [3.63, 3.8) is 0 Å². The minimum atomic E-state index is 0.467. The van der Waals surface area contributed by atoms with Gasteiger partial charge in [-0.2, -0.15) is 4.98 Å². The second kappa shape index (κ2) is 5.71. The van der Waals surface area contributed by atoms with E-state index < -0.39 is 0 Å². The standard InChI is InChI=1S/C11H9Cl3N2O/c12-4-3-11-15-10(16-17-11)6-7-1-2-8(13)9(14)5-7/h1-2,5H,3-4,6H2. The van der Waals surface area contributed by atoms with E-state index in [1.54, 1.807) is 12.1 Å². The predicted octanol–water partition coefficient (Wildman–Crippen LogP) is 3.75. The average Bonchev–Trinajstić information content (AvgIpc) is 2.72. The van der Waals surface area contributed by atoms with Crippen molar-refractivity contribution in [1.29, 1.82) is 0 Å². The van der Waals surface area contributed by atoms with Crippen molar-refractivity contribution in [1.82, 2.24) is 10.1 Å². The second-order valence-electron chi connectivity index (χ2n) is 3.47. The third kappa shape index (κ3) is 3.35. The van der Waals surface area contributed by atoms with E-state index in [2.05, 4.69) is 10.1 Å². The molecule has 0 atom stereocenters. The molecule has 1 aromatic heterocycles. The Morgan fingerprint density at radius 1 is 1.18 bits per heavy atom. The number of aromatic nitrogens is 2. The Hall–Kier alpha value is -0.770. The van der Waals surface area contributed by atoms with Crippen LogP contribution in [-0.2, 0) is 12.8 Å². The molecule has 0 spiro atoms. The lowest BCUT2D eigenvalue weighted by atomic mass is 10.1. The predicted molar refractivity (Wildman–Crippen MR) is 68.0 cm³/mol. The van der Waals surface area contributed by atoms with Gasteiger partial charge in [0.05, 0.1) is 10.0 Å². The maximum Gasteiger partial charge on any atom is 0.227 e. The summed E-state index contributed by atoms with van der Waals surface area (Å²) >= 11 is 17.3. The highest BCUT2D eigenvalue weighted by molar-refractivity contribution is 6.42. The molecule has 2 rings (SSSR count). The van der Waals surface area contributed by atoms with Gasteiger partial charge >= 0.3 is 0 Å². The zero-order valence-electron chi connectivity index (χ0n) is 8.79. The van der Waals surface area contributed by atoms with Crippen LogP contribution >= 0.6 is 34.8 Å². The van der Waals surface area contributed by atoms with Crippen LogP contribution in [0.5, 0.6) is 0 Å². The van der Waals surface area contributed by atoms with Gasteiger partial charge < -0.3 is 4.52 Å². The van der Waals surface area contributed by atoms with Gasteiger partial charge in [0.15, 0.2) is 5.82 Å². The van der Waals surface area contributed by atoms with Crippen LogP contribution in [0.15, 0.2) is 22.7 Å². The molecule has 0 amide bonds. The summed E-state index contributed by atoms with van der Waals surface area (Å²) in [5, 5.41) is 4.92. The monoisotopic (exact) mass is 290 g/mol. The number of rotatable bonds is 4. The van der Waals surface area contributed by atoms with Gasteiger partial charge in [-0.15, -0.1) is 11.6 Å². The number of alkyl halides is 1. The van der Waals surface area contributed by atoms with Gasteiger partial charge in [-0.05, 0) is 17.7 Å². The summed E-state index contributed by atoms with van der Waals surface area (Å²) in [6.45, 7) is 0. The molecule has 2 aromatic rings. The van der Waals surface area contributed by atoms with Gasteiger partial charge in [-0.1, -0.05) is 34.4 Å². The number of nitrogens with zero attached hydrogens (tertiary/aromatic N) is 2. The lowest BCUT2D eigenvalue weighted by Gasteiger charge is -1.99. The van der Waals surface area contributed by atoms with Crippen molar-refractivity contribution >= 4 is 34.8 Å². The fourth-order valence-corrected chi connectivity index (χ4v) is 1.86. The number of aryl methyl sites for hydroxylation is 1. The summed E-state index contributed by atoms with van der Waals surface area (Å²) in [6.07, 6.45) is 1.14. The van der Waals surface area contributed by atoms with Gasteiger partial charge in [0.2, 0.25) is 5.89 Å². The fourth-order valence-electron chi connectivity index (χ4n) is 1.38. The molecule has 0 fully saturated rings. The lowest BCUT2D eigenvalue weighted by Crippen LogP contribution is -1.92. The average molecular weight is 292 g/mol. The molecule has 6 heteroatoms. The van der Waals surface area contributed by atoms with Crippen LogP contribution < -0.4 is 0 Å². The lowest BCUT2D eigenvalue weighted by molar-refractivity contribution is 0.378. The Morgan fingerprint density at radius 3 is 2.71 bits per heavy atom. The van der Waals surface area contributed by atoms with Crippen molar-refractivity contribution in [2.45, 2.75) is 12.8 Å². The molecule has 1 heterocycles. The van der Waals surface area contributed by atoms with Crippen molar-refractivity contribution in [3.8, 4) is 0 Å². The fraction of sp³-hybridized carbons (Fsp3) is 0.273. The molecule has 3 nitrogen and oxygen atoms in total. The van der Waals surface area contributed by atoms with E-state index >= 15 is 0 Å². The van der Waals surface area contributed by atoms with Crippen LogP contribution in [-0.4, -0.2) is 16.0 Å². The molecule has 0 radical (unpaired) electrons. The molecule has 0 unspecified atom stereocenters. The zero-order chi connectivity index (χ0) is 12.3. The highest BCUT2D eigenvalue weighted by atomic mass is 35.5. The van der Waals surface area contributed by atoms with Gasteiger partial charge in [-0.3, -0.25) is 0 Å². The molecule has 0 aliphatic carbocycles. The first-order valence-corrected chi connectivity index (χ1v) is 6.29. The highest BCUT2D eigenvalue weighted by Gasteiger charge is 2.07. The quantitative estimate of drug-likeness (QED) is 0.805. The van der Waals surface area contributed by atoms with Crippen LogP contribution in [0.2, 0.25) is 10.0 Å². The highest BCUT2D eigenvalue weighted by Crippen LogP contribution is 2.23. The van der Waals surface area contributed by atoms with E-state index in [-0.39, 0.29) is 0 Å².